The molecule has 1 rings (SSSR count). The summed E-state index contributed by atoms with van der Waals surface area (Å²) in [7, 11) is 0. The van der Waals surface area contributed by atoms with Crippen molar-refractivity contribution in [2.45, 2.75) is 6.42 Å². The van der Waals surface area contributed by atoms with Crippen LogP contribution in [0.3, 0.4) is 0 Å². The number of furan rings is 1. The van der Waals surface area contributed by atoms with Gasteiger partial charge in [-0.25, -0.2) is 0 Å². The van der Waals surface area contributed by atoms with Crippen molar-refractivity contribution in [1.82, 2.24) is 5.32 Å². The smallest absolute Gasteiger partial charge is 0.305 e. The van der Waals surface area contributed by atoms with E-state index in [-0.39, 0.29) is 18.9 Å². The fraction of sp³-hybridized carbons (Fsp3) is 0.200. The van der Waals surface area contributed by atoms with Crippen molar-refractivity contribution in [2.24, 2.45) is 0 Å². The molecule has 0 atom stereocenters. The zero-order chi connectivity index (χ0) is 12.0. The number of carbonyl (C=O) groups excluding carboxylic acids is 1. The monoisotopic (exact) mass is 287 g/mol. The third-order valence-corrected chi connectivity index (χ3v) is 2.06. The summed E-state index contributed by atoms with van der Waals surface area (Å²) >= 11 is 3.13. The molecule has 0 aliphatic rings. The Bertz CT molecular complexity index is 411. The van der Waals surface area contributed by atoms with E-state index in [1.165, 1.54) is 12.2 Å². The highest BCUT2D eigenvalue weighted by Gasteiger charge is 1.99. The molecule has 0 saturated heterocycles. The van der Waals surface area contributed by atoms with Gasteiger partial charge >= 0.3 is 5.97 Å². The third-order valence-electron chi connectivity index (χ3n) is 1.63. The number of nitrogens with one attached hydrogen (secondary N) is 1. The molecule has 0 saturated carbocycles. The first-order valence-corrected chi connectivity index (χ1v) is 5.30. The van der Waals surface area contributed by atoms with Gasteiger partial charge in [0.25, 0.3) is 0 Å². The number of carbonyl (C=O) groups is 2. The molecule has 0 spiro atoms. The minimum atomic E-state index is -0.945. The summed E-state index contributed by atoms with van der Waals surface area (Å²) in [6.45, 7) is 0.111. The molecule has 1 heterocycles. The zero-order valence-corrected chi connectivity index (χ0v) is 9.86. The average molecular weight is 288 g/mol. The summed E-state index contributed by atoms with van der Waals surface area (Å²) in [6.07, 6.45) is 2.69. The molecule has 0 aromatic carbocycles. The molecule has 0 radical (unpaired) electrons. The van der Waals surface area contributed by atoms with Crippen LogP contribution in [-0.4, -0.2) is 23.5 Å². The van der Waals surface area contributed by atoms with Crippen LogP contribution in [-0.2, 0) is 9.59 Å². The number of hydrogen-bond donors (Lipinski definition) is 2. The molecule has 16 heavy (non-hydrogen) atoms. The zero-order valence-electron chi connectivity index (χ0n) is 8.27. The molecule has 5 nitrogen and oxygen atoms in total. The molecule has 1 aromatic heterocycles. The standard InChI is InChI=1S/C10H10BrNO4/c11-8-3-1-7(16-8)2-4-9(13)12-6-5-10(14)15/h1-4H,5-6H2,(H,12,13)(H,14,15)/b4-2+. The number of carboxylic acids is 1. The number of hydrogen-bond acceptors (Lipinski definition) is 3. The van der Waals surface area contributed by atoms with Crippen LogP contribution >= 0.6 is 15.9 Å². The lowest BCUT2D eigenvalue weighted by atomic mass is 10.3. The molecule has 0 unspecified atom stereocenters. The quantitative estimate of drug-likeness (QED) is 0.807. The van der Waals surface area contributed by atoms with Crippen molar-refractivity contribution in [2.75, 3.05) is 6.54 Å². The number of carboxylic acid groups (broad SMARTS) is 1. The molecule has 0 aliphatic heterocycles. The van der Waals surface area contributed by atoms with Crippen molar-refractivity contribution in [1.29, 1.82) is 0 Å². The van der Waals surface area contributed by atoms with E-state index < -0.39 is 5.97 Å². The van der Waals surface area contributed by atoms with Gasteiger partial charge in [-0.2, -0.15) is 0 Å². The van der Waals surface area contributed by atoms with Crippen LogP contribution in [0, 0.1) is 0 Å². The van der Waals surface area contributed by atoms with Crippen molar-refractivity contribution >= 4 is 33.9 Å². The van der Waals surface area contributed by atoms with E-state index in [0.717, 1.165) is 0 Å². The Morgan fingerprint density at radius 3 is 2.81 bits per heavy atom. The summed E-state index contributed by atoms with van der Waals surface area (Å²) in [6, 6.07) is 3.41. The summed E-state index contributed by atoms with van der Waals surface area (Å²) < 4.78 is 5.71. The maximum atomic E-state index is 11.2. The predicted molar refractivity (Wildman–Crippen MR) is 60.7 cm³/mol. The second-order valence-electron chi connectivity index (χ2n) is 2.91. The topological polar surface area (TPSA) is 79.5 Å². The molecule has 0 fully saturated rings. The van der Waals surface area contributed by atoms with Gasteiger partial charge < -0.3 is 14.8 Å². The van der Waals surface area contributed by atoms with Gasteiger partial charge in [-0.3, -0.25) is 9.59 Å². The fourth-order valence-electron chi connectivity index (χ4n) is 0.927. The Hall–Kier alpha value is -1.56. The second kappa shape index (κ2) is 6.12. The summed E-state index contributed by atoms with van der Waals surface area (Å²) in [5, 5.41) is 10.8. The van der Waals surface area contributed by atoms with E-state index >= 15 is 0 Å². The van der Waals surface area contributed by atoms with E-state index in [1.54, 1.807) is 12.1 Å². The molecular weight excluding hydrogens is 278 g/mol. The van der Waals surface area contributed by atoms with E-state index in [0.29, 0.717) is 10.4 Å². The summed E-state index contributed by atoms with van der Waals surface area (Å²) in [5.41, 5.74) is 0. The minimum Gasteiger partial charge on any atom is -0.481 e. The van der Waals surface area contributed by atoms with Gasteiger partial charge in [-0.05, 0) is 34.1 Å². The van der Waals surface area contributed by atoms with Gasteiger partial charge in [0, 0.05) is 12.6 Å². The Kier molecular flexibility index (Phi) is 4.78. The van der Waals surface area contributed by atoms with Gasteiger partial charge in [0.1, 0.15) is 5.76 Å². The average Bonchev–Trinajstić information content (AvgIpc) is 2.61. The van der Waals surface area contributed by atoms with Crippen molar-refractivity contribution in [3.63, 3.8) is 0 Å². The molecule has 2 N–H and O–H groups in total. The predicted octanol–water partition coefficient (Wildman–Crippen LogP) is 1.65. The fourth-order valence-corrected chi connectivity index (χ4v) is 1.25. The Labute approximate surface area is 100 Å². The third kappa shape index (κ3) is 4.79. The van der Waals surface area contributed by atoms with Crippen LogP contribution < -0.4 is 5.32 Å². The first-order chi connectivity index (χ1) is 7.58. The molecule has 1 aromatic rings. The van der Waals surface area contributed by atoms with Gasteiger partial charge in [0.15, 0.2) is 4.67 Å². The SMILES string of the molecule is O=C(O)CCNC(=O)/C=C/c1ccc(Br)o1. The first kappa shape index (κ1) is 12.5. The lowest BCUT2D eigenvalue weighted by Crippen LogP contribution is -2.23. The lowest BCUT2D eigenvalue weighted by Gasteiger charge is -1.97. The first-order valence-electron chi connectivity index (χ1n) is 4.51. The van der Waals surface area contributed by atoms with Gasteiger partial charge in [-0.1, -0.05) is 0 Å². The summed E-state index contributed by atoms with van der Waals surface area (Å²) in [4.78, 5) is 21.3. The second-order valence-corrected chi connectivity index (χ2v) is 3.69. The number of halogens is 1. The van der Waals surface area contributed by atoms with Gasteiger partial charge in [0.2, 0.25) is 5.91 Å². The molecule has 86 valence electrons. The van der Waals surface area contributed by atoms with Crippen LogP contribution in [0.2, 0.25) is 0 Å². The Morgan fingerprint density at radius 1 is 1.50 bits per heavy atom. The maximum absolute atomic E-state index is 11.2. The minimum absolute atomic E-state index is 0.0914. The van der Waals surface area contributed by atoms with Crippen molar-refractivity contribution in [3.05, 3.63) is 28.6 Å². The molecular formula is C10H10BrNO4. The van der Waals surface area contributed by atoms with Crippen LogP contribution in [0.15, 0.2) is 27.3 Å². The number of rotatable bonds is 5. The molecule has 0 aliphatic carbocycles. The van der Waals surface area contributed by atoms with E-state index in [4.69, 9.17) is 9.52 Å². The van der Waals surface area contributed by atoms with Crippen LogP contribution in [0.1, 0.15) is 12.2 Å². The molecule has 1 amide bonds. The van der Waals surface area contributed by atoms with E-state index in [2.05, 4.69) is 21.2 Å². The highest BCUT2D eigenvalue weighted by Crippen LogP contribution is 2.14. The normalized spacial score (nSPS) is 10.6. The van der Waals surface area contributed by atoms with E-state index in [9.17, 15) is 9.59 Å². The number of aliphatic carboxylic acids is 1. The van der Waals surface area contributed by atoms with Crippen molar-refractivity contribution < 1.29 is 19.1 Å². The Morgan fingerprint density at radius 2 is 2.25 bits per heavy atom. The van der Waals surface area contributed by atoms with Gasteiger partial charge in [-0.15, -0.1) is 0 Å². The van der Waals surface area contributed by atoms with E-state index in [1.807, 2.05) is 0 Å². The summed E-state index contributed by atoms with van der Waals surface area (Å²) in [5.74, 6) is -0.756. The van der Waals surface area contributed by atoms with Crippen LogP contribution in [0.25, 0.3) is 6.08 Å². The van der Waals surface area contributed by atoms with Crippen molar-refractivity contribution in [3.8, 4) is 0 Å². The largest absolute Gasteiger partial charge is 0.481 e. The lowest BCUT2D eigenvalue weighted by molar-refractivity contribution is -0.136. The maximum Gasteiger partial charge on any atom is 0.305 e. The molecule has 0 bridgehead atoms. The highest BCUT2D eigenvalue weighted by molar-refractivity contribution is 9.10. The highest BCUT2D eigenvalue weighted by atomic mass is 79.9. The van der Waals surface area contributed by atoms with Crippen LogP contribution in [0.4, 0.5) is 0 Å². The number of amides is 1. The van der Waals surface area contributed by atoms with Gasteiger partial charge in [0.05, 0.1) is 6.42 Å². The van der Waals surface area contributed by atoms with Crippen LogP contribution in [0.5, 0.6) is 0 Å². The Balaban J connectivity index is 2.34. The molecule has 6 heteroatoms.